The van der Waals surface area contributed by atoms with E-state index in [4.69, 9.17) is 34.8 Å². The average Bonchev–Trinajstić information content (AvgIpc) is 0.844. The van der Waals surface area contributed by atoms with E-state index >= 15 is 0 Å². The van der Waals surface area contributed by atoms with Crippen molar-refractivity contribution in [1.29, 1.82) is 0 Å². The van der Waals surface area contributed by atoms with Crippen molar-refractivity contribution in [3.63, 3.8) is 0 Å². The van der Waals surface area contributed by atoms with Crippen molar-refractivity contribution < 1.29 is 57.2 Å². The molecule has 10 rings (SSSR count). The van der Waals surface area contributed by atoms with Crippen LogP contribution in [-0.2, 0) is 38.2 Å². The number of esters is 6. The van der Waals surface area contributed by atoms with Crippen molar-refractivity contribution in [2.45, 2.75) is 160 Å². The van der Waals surface area contributed by atoms with E-state index in [1.165, 1.54) is 50.5 Å². The number of hydrogen-bond donors (Lipinski definition) is 0. The van der Waals surface area contributed by atoms with E-state index in [0.717, 1.165) is 51.8 Å². The Labute approximate surface area is 595 Å². The van der Waals surface area contributed by atoms with Crippen LogP contribution >= 0.6 is 0 Å². The SMILES string of the molecule is C#Cc1cccc(OC(=O)C(C)C)c1.CC(C)C(=O)OC1CCCCC1c1ccccc1.CC(C)C(=O)OCC1CCCCC1.CC(C)C(=O)Oc1cccc(-c2ccccc2)c1.CC(C)C(=O)Oc1ccccc1-c1ccccc1.Cc1ccccc1-c1ccccc1OC(=O)C(C)C. The molecule has 0 heterocycles. The molecule has 0 aliphatic heterocycles. The van der Waals surface area contributed by atoms with Gasteiger partial charge in [0, 0.05) is 22.6 Å². The number of terminal acetylenes is 1. The summed E-state index contributed by atoms with van der Waals surface area (Å²) in [5.74, 6) is 4.28. The molecule has 8 aromatic carbocycles. The van der Waals surface area contributed by atoms with Crippen molar-refractivity contribution in [3.05, 3.63) is 229 Å². The van der Waals surface area contributed by atoms with Gasteiger partial charge < -0.3 is 28.4 Å². The Morgan fingerprint density at radius 1 is 0.380 bits per heavy atom. The van der Waals surface area contributed by atoms with Gasteiger partial charge in [-0.05, 0) is 121 Å². The van der Waals surface area contributed by atoms with Gasteiger partial charge in [-0.2, -0.15) is 0 Å². The fourth-order valence-corrected chi connectivity index (χ4v) is 10.3. The summed E-state index contributed by atoms with van der Waals surface area (Å²) in [5, 5.41) is 0. The van der Waals surface area contributed by atoms with Gasteiger partial charge in [0.05, 0.1) is 42.1 Å². The monoisotopic (exact) mass is 1350 g/mol. The lowest BCUT2D eigenvalue weighted by molar-refractivity contribution is -0.155. The van der Waals surface area contributed by atoms with E-state index in [0.29, 0.717) is 47.0 Å². The number of rotatable bonds is 17. The first kappa shape index (κ1) is 80.8. The molecule has 0 bridgehead atoms. The standard InChI is InChI=1S/C17H18O2.C16H22O2.2C16H16O2.C12H12O2.C11H20O2/c1-12(2)17(18)19-16-11-7-6-10-15(16)14-9-5-4-8-13(14)3;2*1-12(2)16(17)18-15-11-7-6-10-14(15)13-8-4-3-5-9-13;1-12(2)16(17)18-15-10-6-9-14(11-15)13-7-4-3-5-8-13;1-4-10-6-5-7-11(8-10)14-12(13)9(2)3;1-9(2)11(12)13-8-10-6-4-3-5-7-10/h4-12H,1-3H3;3-5,8-9,12,14-15H,6-7,10-11H2,1-2H3;2*3-12H,1-2H3;1,5-9H,2-3H3;9-10H,3-8H2,1-2H3. The largest absolute Gasteiger partial charge is 0.465 e. The van der Waals surface area contributed by atoms with Gasteiger partial charge in [0.1, 0.15) is 29.1 Å². The summed E-state index contributed by atoms with van der Waals surface area (Å²) in [4.78, 5) is 69.1. The highest BCUT2D eigenvalue weighted by Gasteiger charge is 2.30. The molecule has 12 heteroatoms. The van der Waals surface area contributed by atoms with Crippen LogP contribution in [0.2, 0.25) is 0 Å². The second-order valence-electron chi connectivity index (χ2n) is 26.8. The maximum absolute atomic E-state index is 11.8. The van der Waals surface area contributed by atoms with Gasteiger partial charge >= 0.3 is 35.8 Å². The third-order valence-corrected chi connectivity index (χ3v) is 16.3. The van der Waals surface area contributed by atoms with Crippen molar-refractivity contribution in [2.75, 3.05) is 6.61 Å². The summed E-state index contributed by atoms with van der Waals surface area (Å²) in [6.07, 6.45) is 16.3. The third kappa shape index (κ3) is 28.5. The lowest BCUT2D eigenvalue weighted by Crippen LogP contribution is -2.30. The van der Waals surface area contributed by atoms with Gasteiger partial charge in [-0.25, -0.2) is 0 Å². The highest BCUT2D eigenvalue weighted by atomic mass is 16.6. The highest BCUT2D eigenvalue weighted by molar-refractivity contribution is 5.81. The zero-order chi connectivity index (χ0) is 72.9. The maximum atomic E-state index is 11.8. The van der Waals surface area contributed by atoms with Crippen LogP contribution < -0.4 is 18.9 Å². The van der Waals surface area contributed by atoms with Crippen molar-refractivity contribution in [2.24, 2.45) is 41.4 Å². The zero-order valence-electron chi connectivity index (χ0n) is 61.0. The summed E-state index contributed by atoms with van der Waals surface area (Å²) in [6.45, 7) is 24.8. The predicted molar refractivity (Wildman–Crippen MR) is 401 cm³/mol. The molecule has 0 aromatic heterocycles. The van der Waals surface area contributed by atoms with Gasteiger partial charge in [-0.15, -0.1) is 6.42 Å². The lowest BCUT2D eigenvalue weighted by Gasteiger charge is -2.32. The van der Waals surface area contributed by atoms with E-state index in [9.17, 15) is 28.8 Å². The Kier molecular flexibility index (Phi) is 35.2. The molecule has 2 aliphatic carbocycles. The number of ether oxygens (including phenoxy) is 6. The molecule has 528 valence electrons. The zero-order valence-corrected chi connectivity index (χ0v) is 61.0. The van der Waals surface area contributed by atoms with Crippen LogP contribution in [0, 0.1) is 60.7 Å². The molecule has 2 aliphatic rings. The lowest BCUT2D eigenvalue weighted by atomic mass is 9.81. The van der Waals surface area contributed by atoms with Crippen LogP contribution in [0.5, 0.6) is 23.0 Å². The van der Waals surface area contributed by atoms with Gasteiger partial charge in [0.2, 0.25) is 0 Å². The second-order valence-corrected chi connectivity index (χ2v) is 26.8. The van der Waals surface area contributed by atoms with Crippen molar-refractivity contribution >= 4 is 35.8 Å². The Bertz CT molecular complexity index is 3820. The molecule has 0 spiro atoms. The molecule has 2 saturated carbocycles. The quantitative estimate of drug-likeness (QED) is 0.0483. The molecule has 8 aromatic rings. The summed E-state index contributed by atoms with van der Waals surface area (Å²) >= 11 is 0. The molecule has 100 heavy (non-hydrogen) atoms. The fraction of sp³-hybridized carbons (Fsp3) is 0.364. The number of hydrogen-bond acceptors (Lipinski definition) is 12. The fourth-order valence-electron chi connectivity index (χ4n) is 10.3. The van der Waals surface area contributed by atoms with Gasteiger partial charge in [0.25, 0.3) is 0 Å². The van der Waals surface area contributed by atoms with Crippen LogP contribution in [-0.4, -0.2) is 48.5 Å². The van der Waals surface area contributed by atoms with Crippen LogP contribution in [0.4, 0.5) is 0 Å². The Morgan fingerprint density at radius 2 is 0.790 bits per heavy atom. The summed E-state index contributed by atoms with van der Waals surface area (Å²) in [6, 6.07) is 68.2. The molecule has 0 amide bonds. The van der Waals surface area contributed by atoms with E-state index in [2.05, 4.69) is 43.2 Å². The van der Waals surface area contributed by atoms with Gasteiger partial charge in [-0.1, -0.05) is 285 Å². The summed E-state index contributed by atoms with van der Waals surface area (Å²) in [5.41, 5.74) is 9.36. The van der Waals surface area contributed by atoms with E-state index in [-0.39, 0.29) is 77.4 Å². The topological polar surface area (TPSA) is 158 Å². The number of para-hydroxylation sites is 2. The van der Waals surface area contributed by atoms with Crippen LogP contribution in [0.25, 0.3) is 33.4 Å². The van der Waals surface area contributed by atoms with Crippen LogP contribution in [0.15, 0.2) is 212 Å². The van der Waals surface area contributed by atoms with Crippen LogP contribution in [0.1, 0.15) is 163 Å². The van der Waals surface area contributed by atoms with E-state index < -0.39 is 0 Å². The highest BCUT2D eigenvalue weighted by Crippen LogP contribution is 2.37. The molecule has 12 nitrogen and oxygen atoms in total. The molecule has 0 saturated heterocycles. The average molecular weight is 1350 g/mol. The minimum atomic E-state index is -0.251. The molecule has 2 atom stereocenters. The molecule has 2 fully saturated rings. The third-order valence-electron chi connectivity index (χ3n) is 16.3. The first-order valence-electron chi connectivity index (χ1n) is 35.3. The molecule has 2 unspecified atom stereocenters. The predicted octanol–water partition coefficient (Wildman–Crippen LogP) is 21.0. The van der Waals surface area contributed by atoms with Gasteiger partial charge in [0.15, 0.2) is 0 Å². The summed E-state index contributed by atoms with van der Waals surface area (Å²) < 4.78 is 32.2. The molecule has 0 N–H and O–H groups in total. The van der Waals surface area contributed by atoms with E-state index in [1.54, 1.807) is 44.2 Å². The Hall–Kier alpha value is -9.86. The number of carbonyl (C=O) groups excluding carboxylic acids is 6. The smallest absolute Gasteiger partial charge is 0.313 e. The molecular weight excluding hydrogens is 1250 g/mol. The first-order valence-corrected chi connectivity index (χ1v) is 35.3. The van der Waals surface area contributed by atoms with Crippen molar-refractivity contribution in [1.82, 2.24) is 0 Å². The Morgan fingerprint density at radius 3 is 1.31 bits per heavy atom. The Balaban J connectivity index is 0.000000217. The molecule has 0 radical (unpaired) electrons. The summed E-state index contributed by atoms with van der Waals surface area (Å²) in [7, 11) is 0. The normalized spacial score (nSPS) is 13.9. The minimum Gasteiger partial charge on any atom is -0.465 e. The number of aryl methyl sites for hydroxylation is 1. The number of carbonyl (C=O) groups is 6. The minimum absolute atomic E-state index is 0.0172. The first-order chi connectivity index (χ1) is 47.9. The second kappa shape index (κ2) is 43.5. The van der Waals surface area contributed by atoms with Crippen molar-refractivity contribution in [3.8, 4) is 68.7 Å². The van der Waals surface area contributed by atoms with Crippen LogP contribution in [0.3, 0.4) is 0 Å². The van der Waals surface area contributed by atoms with Gasteiger partial charge in [-0.3, -0.25) is 28.8 Å². The number of benzene rings is 8. The van der Waals surface area contributed by atoms with E-state index in [1.807, 2.05) is 221 Å². The maximum Gasteiger partial charge on any atom is 0.313 e. The molecular formula is C88H104O12.